The third kappa shape index (κ3) is 4.65. The van der Waals surface area contributed by atoms with Crippen LogP contribution in [0.25, 0.3) is 0 Å². The number of carbonyl (C=O) groups is 1. The minimum absolute atomic E-state index is 0.347. The molecular weight excluding hydrogens is 188 g/mol. The molecule has 3 heteroatoms. The zero-order valence-electron chi connectivity index (χ0n) is 9.87. The minimum Gasteiger partial charge on any atom is -0.340 e. The van der Waals surface area contributed by atoms with Crippen molar-refractivity contribution in [3.63, 3.8) is 0 Å². The number of amides is 1. The van der Waals surface area contributed by atoms with Crippen LogP contribution in [-0.4, -0.2) is 29.9 Å². The summed E-state index contributed by atoms with van der Waals surface area (Å²) in [7, 11) is 0. The molecule has 0 unspecified atom stereocenters. The molecule has 0 spiro atoms. The van der Waals surface area contributed by atoms with Gasteiger partial charge >= 0.3 is 0 Å². The molecule has 1 aliphatic rings. The van der Waals surface area contributed by atoms with Gasteiger partial charge in [-0.3, -0.25) is 4.79 Å². The van der Waals surface area contributed by atoms with Crippen molar-refractivity contribution in [1.82, 2.24) is 4.90 Å². The monoisotopic (exact) mass is 212 g/mol. The Morgan fingerprint density at radius 2 is 2.07 bits per heavy atom. The van der Waals surface area contributed by atoms with E-state index in [9.17, 15) is 4.79 Å². The number of nitrogens with two attached hydrogens (primary N) is 1. The van der Waals surface area contributed by atoms with Crippen molar-refractivity contribution in [3.05, 3.63) is 0 Å². The Kier molecular flexibility index (Phi) is 5.69. The van der Waals surface area contributed by atoms with Crippen molar-refractivity contribution in [1.29, 1.82) is 0 Å². The Bertz CT molecular complexity index is 190. The molecule has 88 valence electrons. The van der Waals surface area contributed by atoms with Crippen molar-refractivity contribution in [2.75, 3.05) is 13.1 Å². The first-order valence-corrected chi connectivity index (χ1v) is 6.29. The average Bonchev–Trinajstić information content (AvgIpc) is 3.03. The summed E-state index contributed by atoms with van der Waals surface area (Å²) in [5, 5.41) is 0. The van der Waals surface area contributed by atoms with Crippen LogP contribution in [0.4, 0.5) is 0 Å². The minimum atomic E-state index is 0.347. The molecule has 0 saturated heterocycles. The van der Waals surface area contributed by atoms with Crippen LogP contribution in [-0.2, 0) is 4.79 Å². The van der Waals surface area contributed by atoms with Gasteiger partial charge in [-0.15, -0.1) is 0 Å². The zero-order valence-corrected chi connectivity index (χ0v) is 9.87. The van der Waals surface area contributed by atoms with Gasteiger partial charge in [0.25, 0.3) is 0 Å². The van der Waals surface area contributed by atoms with Crippen molar-refractivity contribution >= 4 is 5.91 Å². The molecule has 2 N–H and O–H groups in total. The van der Waals surface area contributed by atoms with E-state index in [1.165, 1.54) is 19.3 Å². The van der Waals surface area contributed by atoms with Crippen molar-refractivity contribution < 1.29 is 4.79 Å². The lowest BCUT2D eigenvalue weighted by Crippen LogP contribution is -2.33. The number of hydrogen-bond donors (Lipinski definition) is 1. The van der Waals surface area contributed by atoms with Crippen LogP contribution >= 0.6 is 0 Å². The molecule has 15 heavy (non-hydrogen) atoms. The van der Waals surface area contributed by atoms with Crippen LogP contribution in [0.5, 0.6) is 0 Å². The van der Waals surface area contributed by atoms with Crippen LogP contribution in [0, 0.1) is 0 Å². The lowest BCUT2D eigenvalue weighted by molar-refractivity contribution is -0.132. The van der Waals surface area contributed by atoms with Gasteiger partial charge in [0, 0.05) is 19.0 Å². The fraction of sp³-hybridized carbons (Fsp3) is 0.917. The summed E-state index contributed by atoms with van der Waals surface area (Å²) in [6.07, 6.45) is 7.34. The maximum Gasteiger partial charge on any atom is 0.222 e. The van der Waals surface area contributed by atoms with Gasteiger partial charge in [0.15, 0.2) is 0 Å². The first kappa shape index (κ1) is 12.5. The molecule has 1 rings (SSSR count). The summed E-state index contributed by atoms with van der Waals surface area (Å²) in [6, 6.07) is 0.571. The van der Waals surface area contributed by atoms with Crippen LogP contribution < -0.4 is 5.73 Å². The van der Waals surface area contributed by atoms with E-state index in [0.717, 1.165) is 25.8 Å². The van der Waals surface area contributed by atoms with Crippen LogP contribution in [0.1, 0.15) is 51.9 Å². The highest BCUT2D eigenvalue weighted by atomic mass is 16.2. The fourth-order valence-electron chi connectivity index (χ4n) is 1.79. The summed E-state index contributed by atoms with van der Waals surface area (Å²) in [5.41, 5.74) is 5.42. The lowest BCUT2D eigenvalue weighted by Gasteiger charge is -2.22. The van der Waals surface area contributed by atoms with E-state index in [1.807, 2.05) is 0 Å². The zero-order chi connectivity index (χ0) is 11.1. The molecule has 1 aliphatic carbocycles. The molecule has 0 heterocycles. The number of hydrogen-bond acceptors (Lipinski definition) is 2. The second-order valence-electron chi connectivity index (χ2n) is 4.42. The molecular formula is C12H24N2O. The Morgan fingerprint density at radius 1 is 1.33 bits per heavy atom. The van der Waals surface area contributed by atoms with E-state index in [2.05, 4.69) is 11.8 Å². The number of carbonyl (C=O) groups excluding carboxylic acids is 1. The van der Waals surface area contributed by atoms with Crippen molar-refractivity contribution in [2.24, 2.45) is 5.73 Å². The molecule has 3 nitrogen and oxygen atoms in total. The second kappa shape index (κ2) is 6.83. The second-order valence-corrected chi connectivity index (χ2v) is 4.42. The summed E-state index contributed by atoms with van der Waals surface area (Å²) in [5.74, 6) is 0.347. The summed E-state index contributed by atoms with van der Waals surface area (Å²) >= 11 is 0. The van der Waals surface area contributed by atoms with E-state index in [0.29, 0.717) is 24.9 Å². The summed E-state index contributed by atoms with van der Waals surface area (Å²) < 4.78 is 0. The summed E-state index contributed by atoms with van der Waals surface area (Å²) in [4.78, 5) is 14.0. The highest BCUT2D eigenvalue weighted by molar-refractivity contribution is 5.76. The Balaban J connectivity index is 2.24. The quantitative estimate of drug-likeness (QED) is 0.625. The van der Waals surface area contributed by atoms with Gasteiger partial charge in [-0.05, 0) is 38.6 Å². The third-order valence-corrected chi connectivity index (χ3v) is 2.91. The lowest BCUT2D eigenvalue weighted by atomic mass is 10.2. The first-order valence-electron chi connectivity index (χ1n) is 6.29. The molecule has 0 bridgehead atoms. The highest BCUT2D eigenvalue weighted by Gasteiger charge is 2.31. The molecule has 1 saturated carbocycles. The third-order valence-electron chi connectivity index (χ3n) is 2.91. The Hall–Kier alpha value is -0.570. The molecule has 0 atom stereocenters. The van der Waals surface area contributed by atoms with Gasteiger partial charge in [0.1, 0.15) is 0 Å². The maximum atomic E-state index is 11.9. The molecule has 0 radical (unpaired) electrons. The van der Waals surface area contributed by atoms with Gasteiger partial charge in [-0.25, -0.2) is 0 Å². The van der Waals surface area contributed by atoms with Gasteiger partial charge in [0.05, 0.1) is 0 Å². The molecule has 1 fully saturated rings. The molecule has 0 aromatic heterocycles. The molecule has 0 aliphatic heterocycles. The van der Waals surface area contributed by atoms with Gasteiger partial charge in [0.2, 0.25) is 5.91 Å². The van der Waals surface area contributed by atoms with Gasteiger partial charge in [-0.2, -0.15) is 0 Å². The Labute approximate surface area is 93.0 Å². The first-order chi connectivity index (χ1) is 7.29. The SMILES string of the molecule is CCCCN(C(=O)CCCCN)C1CC1. The van der Waals surface area contributed by atoms with Crippen molar-refractivity contribution in [2.45, 2.75) is 57.9 Å². The van der Waals surface area contributed by atoms with E-state index in [-0.39, 0.29) is 0 Å². The van der Waals surface area contributed by atoms with E-state index < -0.39 is 0 Å². The topological polar surface area (TPSA) is 46.3 Å². The van der Waals surface area contributed by atoms with Crippen LogP contribution in [0.15, 0.2) is 0 Å². The Morgan fingerprint density at radius 3 is 2.60 bits per heavy atom. The average molecular weight is 212 g/mol. The molecule has 0 aromatic rings. The molecule has 1 amide bonds. The normalized spacial score (nSPS) is 15.3. The number of rotatable bonds is 8. The predicted octanol–water partition coefficient (Wildman–Crippen LogP) is 1.91. The standard InChI is InChI=1S/C12H24N2O/c1-2-3-10-14(11-7-8-11)12(15)6-4-5-9-13/h11H,2-10,13H2,1H3. The summed E-state index contributed by atoms with van der Waals surface area (Å²) in [6.45, 7) is 3.83. The highest BCUT2D eigenvalue weighted by Crippen LogP contribution is 2.27. The van der Waals surface area contributed by atoms with E-state index in [1.54, 1.807) is 0 Å². The van der Waals surface area contributed by atoms with E-state index in [4.69, 9.17) is 5.73 Å². The predicted molar refractivity (Wildman–Crippen MR) is 62.5 cm³/mol. The largest absolute Gasteiger partial charge is 0.340 e. The fourth-order valence-corrected chi connectivity index (χ4v) is 1.79. The molecule has 0 aromatic carbocycles. The van der Waals surface area contributed by atoms with E-state index >= 15 is 0 Å². The maximum absolute atomic E-state index is 11.9. The number of unbranched alkanes of at least 4 members (excludes halogenated alkanes) is 2. The number of nitrogens with zero attached hydrogens (tertiary/aromatic N) is 1. The van der Waals surface area contributed by atoms with Gasteiger partial charge in [-0.1, -0.05) is 13.3 Å². The van der Waals surface area contributed by atoms with Crippen LogP contribution in [0.3, 0.4) is 0 Å². The smallest absolute Gasteiger partial charge is 0.222 e. The van der Waals surface area contributed by atoms with Crippen molar-refractivity contribution in [3.8, 4) is 0 Å². The van der Waals surface area contributed by atoms with Crippen LogP contribution in [0.2, 0.25) is 0 Å². The van der Waals surface area contributed by atoms with Gasteiger partial charge < -0.3 is 10.6 Å².